The molecule has 9 heteroatoms. The Morgan fingerprint density at radius 2 is 2.06 bits per heavy atom. The fourth-order valence-corrected chi connectivity index (χ4v) is 2.87. The van der Waals surface area contributed by atoms with Crippen LogP contribution in [0.15, 0.2) is 17.0 Å². The standard InChI is InChI=1S/C9H11ClFN3O3S/c1-4(9(13)15)14-18(16,17)8-3-7(12)6(11)2-5(8)10/h2-4,14H,12H2,1H3,(H2,13,15). The Hall–Kier alpha value is -1.38. The van der Waals surface area contributed by atoms with Gasteiger partial charge in [-0.1, -0.05) is 11.6 Å². The minimum Gasteiger partial charge on any atom is -0.396 e. The minimum absolute atomic E-state index is 0.342. The number of nitrogen functional groups attached to an aromatic ring is 1. The summed E-state index contributed by atoms with van der Waals surface area (Å²) < 4.78 is 38.7. The molecule has 5 N–H and O–H groups in total. The fraction of sp³-hybridized carbons (Fsp3) is 0.222. The molecular formula is C9H11ClFN3O3S. The van der Waals surface area contributed by atoms with Crippen LogP contribution in [-0.4, -0.2) is 20.4 Å². The molecule has 0 spiro atoms. The van der Waals surface area contributed by atoms with E-state index in [1.807, 2.05) is 4.72 Å². The van der Waals surface area contributed by atoms with Crippen molar-refractivity contribution < 1.29 is 17.6 Å². The van der Waals surface area contributed by atoms with Gasteiger partial charge in [0.15, 0.2) is 0 Å². The zero-order chi connectivity index (χ0) is 14.1. The number of primary amides is 1. The van der Waals surface area contributed by atoms with Gasteiger partial charge in [0.25, 0.3) is 0 Å². The van der Waals surface area contributed by atoms with Crippen molar-refractivity contribution in [3.63, 3.8) is 0 Å². The summed E-state index contributed by atoms with van der Waals surface area (Å²) in [6.07, 6.45) is 0. The number of amides is 1. The van der Waals surface area contributed by atoms with Gasteiger partial charge in [-0.05, 0) is 19.1 Å². The number of rotatable bonds is 4. The molecule has 1 atom stereocenters. The molecule has 18 heavy (non-hydrogen) atoms. The normalized spacial score (nSPS) is 13.3. The van der Waals surface area contributed by atoms with Crippen molar-refractivity contribution in [3.05, 3.63) is 23.0 Å². The van der Waals surface area contributed by atoms with Crippen molar-refractivity contribution in [3.8, 4) is 0 Å². The lowest BCUT2D eigenvalue weighted by Gasteiger charge is -2.12. The molecule has 1 amide bonds. The van der Waals surface area contributed by atoms with Crippen molar-refractivity contribution in [2.45, 2.75) is 17.9 Å². The molecule has 0 heterocycles. The molecule has 0 saturated heterocycles. The fourth-order valence-electron chi connectivity index (χ4n) is 1.11. The van der Waals surface area contributed by atoms with Crippen LogP contribution >= 0.6 is 11.6 Å². The van der Waals surface area contributed by atoms with Crippen molar-refractivity contribution in [1.82, 2.24) is 4.72 Å². The molecule has 6 nitrogen and oxygen atoms in total. The van der Waals surface area contributed by atoms with E-state index < -0.39 is 32.7 Å². The van der Waals surface area contributed by atoms with Gasteiger partial charge in [0, 0.05) is 0 Å². The van der Waals surface area contributed by atoms with Crippen LogP contribution in [0.1, 0.15) is 6.92 Å². The van der Waals surface area contributed by atoms with Gasteiger partial charge in [-0.15, -0.1) is 0 Å². The highest BCUT2D eigenvalue weighted by atomic mass is 35.5. The van der Waals surface area contributed by atoms with Crippen LogP contribution in [0.5, 0.6) is 0 Å². The predicted octanol–water partition coefficient (Wildman–Crippen LogP) is 0.213. The first-order chi connectivity index (χ1) is 8.15. The number of carbonyl (C=O) groups excluding carboxylic acids is 1. The molecule has 1 aromatic carbocycles. The average Bonchev–Trinajstić information content (AvgIpc) is 2.22. The predicted molar refractivity (Wildman–Crippen MR) is 64.8 cm³/mol. The highest BCUT2D eigenvalue weighted by molar-refractivity contribution is 7.89. The van der Waals surface area contributed by atoms with Crippen LogP contribution in [0.25, 0.3) is 0 Å². The second-order valence-corrected chi connectivity index (χ2v) is 5.64. The molecule has 0 aliphatic rings. The Labute approximate surface area is 108 Å². The first kappa shape index (κ1) is 14.7. The number of benzene rings is 1. The second-order valence-electron chi connectivity index (χ2n) is 3.55. The molecule has 1 unspecified atom stereocenters. The van der Waals surface area contributed by atoms with E-state index >= 15 is 0 Å². The number of nitrogens with two attached hydrogens (primary N) is 2. The quantitative estimate of drug-likeness (QED) is 0.689. The van der Waals surface area contributed by atoms with Crippen LogP contribution in [0.2, 0.25) is 5.02 Å². The summed E-state index contributed by atoms with van der Waals surface area (Å²) in [4.78, 5) is 10.4. The Morgan fingerprint density at radius 1 is 1.50 bits per heavy atom. The van der Waals surface area contributed by atoms with Crippen LogP contribution < -0.4 is 16.2 Å². The monoisotopic (exact) mass is 295 g/mol. The van der Waals surface area contributed by atoms with Crippen LogP contribution in [-0.2, 0) is 14.8 Å². The number of sulfonamides is 1. The molecule has 100 valence electrons. The summed E-state index contributed by atoms with van der Waals surface area (Å²) in [6.45, 7) is 1.26. The van der Waals surface area contributed by atoms with Gasteiger partial charge in [0.1, 0.15) is 10.7 Å². The summed E-state index contributed by atoms with van der Waals surface area (Å²) in [7, 11) is -4.10. The number of nitrogens with one attached hydrogen (secondary N) is 1. The zero-order valence-electron chi connectivity index (χ0n) is 9.28. The molecule has 1 rings (SSSR count). The lowest BCUT2D eigenvalue weighted by Crippen LogP contribution is -2.42. The van der Waals surface area contributed by atoms with Gasteiger partial charge in [-0.3, -0.25) is 4.79 Å². The highest BCUT2D eigenvalue weighted by Gasteiger charge is 2.24. The summed E-state index contributed by atoms with van der Waals surface area (Å²) in [5, 5.41) is -0.342. The van der Waals surface area contributed by atoms with Gasteiger partial charge in [0.05, 0.1) is 16.8 Å². The van der Waals surface area contributed by atoms with E-state index in [-0.39, 0.29) is 10.7 Å². The molecule has 0 aromatic heterocycles. The number of hydrogen-bond acceptors (Lipinski definition) is 4. The molecular weight excluding hydrogens is 285 g/mol. The molecule has 0 fully saturated rings. The number of anilines is 1. The van der Waals surface area contributed by atoms with Crippen LogP contribution in [0.3, 0.4) is 0 Å². The Kier molecular flexibility index (Phi) is 4.15. The molecule has 0 saturated carbocycles. The SMILES string of the molecule is CC(NS(=O)(=O)c1cc(N)c(F)cc1Cl)C(N)=O. The van der Waals surface area contributed by atoms with E-state index in [1.165, 1.54) is 6.92 Å². The Bertz CT molecular complexity index is 591. The lowest BCUT2D eigenvalue weighted by molar-refractivity contribution is -0.119. The summed E-state index contributed by atoms with van der Waals surface area (Å²) in [6, 6.07) is 0.519. The third-order valence-electron chi connectivity index (χ3n) is 2.10. The van der Waals surface area contributed by atoms with E-state index in [4.69, 9.17) is 23.1 Å². The van der Waals surface area contributed by atoms with Gasteiger partial charge in [-0.25, -0.2) is 12.8 Å². The van der Waals surface area contributed by atoms with Gasteiger partial charge < -0.3 is 11.5 Å². The Balaban J connectivity index is 3.21. The third-order valence-corrected chi connectivity index (χ3v) is 4.10. The summed E-state index contributed by atoms with van der Waals surface area (Å²) in [5.74, 6) is -1.69. The van der Waals surface area contributed by atoms with Crippen molar-refractivity contribution in [1.29, 1.82) is 0 Å². The maximum atomic E-state index is 13.0. The average molecular weight is 296 g/mol. The van der Waals surface area contributed by atoms with E-state index in [0.717, 1.165) is 12.1 Å². The van der Waals surface area contributed by atoms with Crippen molar-refractivity contribution >= 4 is 33.2 Å². The van der Waals surface area contributed by atoms with Gasteiger partial charge in [0.2, 0.25) is 15.9 Å². The van der Waals surface area contributed by atoms with E-state index in [0.29, 0.717) is 0 Å². The maximum absolute atomic E-state index is 13.0. The largest absolute Gasteiger partial charge is 0.396 e. The van der Waals surface area contributed by atoms with Crippen LogP contribution in [0.4, 0.5) is 10.1 Å². The van der Waals surface area contributed by atoms with Gasteiger partial charge >= 0.3 is 0 Å². The smallest absolute Gasteiger partial charge is 0.242 e. The lowest BCUT2D eigenvalue weighted by atomic mass is 10.3. The van der Waals surface area contributed by atoms with E-state index in [2.05, 4.69) is 0 Å². The van der Waals surface area contributed by atoms with E-state index in [1.54, 1.807) is 0 Å². The van der Waals surface area contributed by atoms with E-state index in [9.17, 15) is 17.6 Å². The first-order valence-electron chi connectivity index (χ1n) is 4.71. The summed E-state index contributed by atoms with van der Waals surface area (Å²) >= 11 is 5.62. The minimum atomic E-state index is -4.10. The second kappa shape index (κ2) is 5.09. The third kappa shape index (κ3) is 3.09. The maximum Gasteiger partial charge on any atom is 0.242 e. The van der Waals surface area contributed by atoms with Crippen molar-refractivity contribution in [2.24, 2.45) is 5.73 Å². The van der Waals surface area contributed by atoms with Crippen molar-refractivity contribution in [2.75, 3.05) is 5.73 Å². The first-order valence-corrected chi connectivity index (χ1v) is 6.57. The molecule has 0 bridgehead atoms. The number of hydrogen-bond donors (Lipinski definition) is 3. The number of halogens is 2. The highest BCUT2D eigenvalue weighted by Crippen LogP contribution is 2.26. The topological polar surface area (TPSA) is 115 Å². The summed E-state index contributed by atoms with van der Waals surface area (Å²) in [5.41, 5.74) is 9.82. The molecule has 1 aromatic rings. The van der Waals surface area contributed by atoms with Gasteiger partial charge in [-0.2, -0.15) is 4.72 Å². The number of carbonyl (C=O) groups is 1. The van der Waals surface area contributed by atoms with Crippen LogP contribution in [0, 0.1) is 5.82 Å². The zero-order valence-corrected chi connectivity index (χ0v) is 10.8. The molecule has 0 radical (unpaired) electrons. The molecule has 0 aliphatic carbocycles. The Morgan fingerprint density at radius 3 is 2.56 bits per heavy atom. The molecule has 0 aliphatic heterocycles.